The summed E-state index contributed by atoms with van der Waals surface area (Å²) >= 11 is 0. The number of H-pyrrole nitrogens is 1. The molecule has 1 aliphatic rings. The largest absolute Gasteiger partial charge is 0.358 e. The van der Waals surface area contributed by atoms with E-state index in [1.54, 1.807) is 0 Å². The number of rotatable bonds is 6. The highest BCUT2D eigenvalue weighted by atomic mass is 16.2. The van der Waals surface area contributed by atoms with E-state index in [9.17, 15) is 9.59 Å². The van der Waals surface area contributed by atoms with Gasteiger partial charge in [0.15, 0.2) is 0 Å². The molecule has 0 radical (unpaired) electrons. The predicted molar refractivity (Wildman–Crippen MR) is 108 cm³/mol. The number of carbonyl (C=O) groups excluding carboxylic acids is 2. The molecule has 1 aromatic carbocycles. The van der Waals surface area contributed by atoms with Gasteiger partial charge in [0.05, 0.1) is 6.54 Å². The van der Waals surface area contributed by atoms with E-state index in [0.717, 1.165) is 54.6 Å². The summed E-state index contributed by atoms with van der Waals surface area (Å²) in [5, 5.41) is 4.06. The van der Waals surface area contributed by atoms with Crippen molar-refractivity contribution in [3.05, 3.63) is 35.0 Å². The molecule has 0 bridgehead atoms. The number of aromatic amines is 1. The highest BCUT2D eigenvalue weighted by molar-refractivity contribution is 5.99. The van der Waals surface area contributed by atoms with Crippen LogP contribution in [0.4, 0.5) is 0 Å². The van der Waals surface area contributed by atoms with E-state index in [2.05, 4.69) is 36.0 Å². The molecule has 3 rings (SSSR count). The Bertz CT molecular complexity index is 819. The summed E-state index contributed by atoms with van der Waals surface area (Å²) in [5.74, 6) is 0.147. The number of fused-ring (bicyclic) bond motifs is 1. The lowest BCUT2D eigenvalue weighted by atomic mass is 10.1. The summed E-state index contributed by atoms with van der Waals surface area (Å²) in [4.78, 5) is 32.2. The molecule has 1 aliphatic heterocycles. The zero-order chi connectivity index (χ0) is 19.4. The van der Waals surface area contributed by atoms with Crippen molar-refractivity contribution in [1.82, 2.24) is 20.1 Å². The van der Waals surface area contributed by atoms with Crippen LogP contribution in [-0.2, 0) is 4.79 Å². The highest BCUT2D eigenvalue weighted by Crippen LogP contribution is 2.23. The maximum absolute atomic E-state index is 12.9. The van der Waals surface area contributed by atoms with Crippen LogP contribution in [0.25, 0.3) is 10.9 Å². The summed E-state index contributed by atoms with van der Waals surface area (Å²) < 4.78 is 0. The van der Waals surface area contributed by atoms with Gasteiger partial charge in [-0.2, -0.15) is 0 Å². The lowest BCUT2D eigenvalue weighted by molar-refractivity contribution is -0.122. The summed E-state index contributed by atoms with van der Waals surface area (Å²) in [7, 11) is 0. The van der Waals surface area contributed by atoms with Crippen molar-refractivity contribution >= 4 is 22.7 Å². The number of carbonyl (C=O) groups is 2. The monoisotopic (exact) mass is 370 g/mol. The smallest absolute Gasteiger partial charge is 0.253 e. The molecule has 0 unspecified atom stereocenters. The van der Waals surface area contributed by atoms with Crippen LogP contribution in [0.15, 0.2) is 18.2 Å². The number of hydrogen-bond donors (Lipinski definition) is 2. The van der Waals surface area contributed by atoms with Gasteiger partial charge in [0, 0.05) is 54.9 Å². The molecule has 1 aromatic heterocycles. The Morgan fingerprint density at radius 1 is 1.15 bits per heavy atom. The third kappa shape index (κ3) is 4.50. The average Bonchev–Trinajstić information content (AvgIpc) is 2.95. The highest BCUT2D eigenvalue weighted by Gasteiger charge is 2.23. The Hall–Kier alpha value is -2.34. The first-order valence-electron chi connectivity index (χ1n) is 9.87. The first kappa shape index (κ1) is 19.4. The Kier molecular flexibility index (Phi) is 6.16. The van der Waals surface area contributed by atoms with Crippen molar-refractivity contribution in [1.29, 1.82) is 0 Å². The quantitative estimate of drug-likeness (QED) is 0.768. The molecule has 0 aliphatic carbocycles. The van der Waals surface area contributed by atoms with Crippen LogP contribution in [-0.4, -0.2) is 65.9 Å². The molecule has 2 heterocycles. The third-order valence-corrected chi connectivity index (χ3v) is 5.43. The van der Waals surface area contributed by atoms with Gasteiger partial charge in [-0.05, 0) is 44.0 Å². The minimum atomic E-state index is 0.0715. The zero-order valence-electron chi connectivity index (χ0n) is 16.6. The minimum Gasteiger partial charge on any atom is -0.358 e. The molecule has 1 saturated heterocycles. The van der Waals surface area contributed by atoms with E-state index in [1.165, 1.54) is 5.56 Å². The summed E-state index contributed by atoms with van der Waals surface area (Å²) in [6, 6.07) is 5.87. The number of piperazine rings is 1. The van der Waals surface area contributed by atoms with Crippen LogP contribution in [0.3, 0.4) is 0 Å². The number of hydrogen-bond acceptors (Lipinski definition) is 3. The van der Waals surface area contributed by atoms with Crippen LogP contribution < -0.4 is 5.32 Å². The van der Waals surface area contributed by atoms with Crippen molar-refractivity contribution in [3.63, 3.8) is 0 Å². The fourth-order valence-electron chi connectivity index (χ4n) is 3.55. The zero-order valence-corrected chi connectivity index (χ0v) is 16.6. The molecule has 146 valence electrons. The van der Waals surface area contributed by atoms with Gasteiger partial charge in [-0.3, -0.25) is 14.5 Å². The van der Waals surface area contributed by atoms with E-state index in [1.807, 2.05) is 23.1 Å². The Labute approximate surface area is 160 Å². The molecule has 0 spiro atoms. The van der Waals surface area contributed by atoms with Crippen molar-refractivity contribution < 1.29 is 9.59 Å². The maximum Gasteiger partial charge on any atom is 0.253 e. The second-order valence-corrected chi connectivity index (χ2v) is 7.41. The molecule has 2 amide bonds. The van der Waals surface area contributed by atoms with E-state index in [4.69, 9.17) is 0 Å². The van der Waals surface area contributed by atoms with Gasteiger partial charge in [0.25, 0.3) is 5.91 Å². The van der Waals surface area contributed by atoms with E-state index < -0.39 is 0 Å². The van der Waals surface area contributed by atoms with Crippen molar-refractivity contribution in [2.75, 3.05) is 39.3 Å². The molecular weight excluding hydrogens is 340 g/mol. The predicted octanol–water partition coefficient (Wildman–Crippen LogP) is 2.46. The topological polar surface area (TPSA) is 68.4 Å². The molecule has 0 saturated carbocycles. The number of benzene rings is 1. The van der Waals surface area contributed by atoms with Gasteiger partial charge >= 0.3 is 0 Å². The lowest BCUT2D eigenvalue weighted by Crippen LogP contribution is -2.51. The first-order chi connectivity index (χ1) is 13.0. The molecular formula is C21H30N4O2. The molecule has 27 heavy (non-hydrogen) atoms. The second-order valence-electron chi connectivity index (χ2n) is 7.41. The van der Waals surface area contributed by atoms with Gasteiger partial charge in [-0.15, -0.1) is 0 Å². The Balaban J connectivity index is 1.55. The fraction of sp³-hybridized carbons (Fsp3) is 0.524. The summed E-state index contributed by atoms with van der Waals surface area (Å²) in [6.45, 7) is 10.2. The maximum atomic E-state index is 12.9. The van der Waals surface area contributed by atoms with Crippen molar-refractivity contribution in [2.24, 2.45) is 0 Å². The Morgan fingerprint density at radius 3 is 2.59 bits per heavy atom. The van der Waals surface area contributed by atoms with Crippen LogP contribution in [0.1, 0.15) is 41.4 Å². The van der Waals surface area contributed by atoms with Crippen molar-refractivity contribution in [2.45, 2.75) is 33.6 Å². The molecule has 1 fully saturated rings. The normalized spacial score (nSPS) is 15.3. The van der Waals surface area contributed by atoms with Crippen molar-refractivity contribution in [3.8, 4) is 0 Å². The summed E-state index contributed by atoms with van der Waals surface area (Å²) in [6.07, 6.45) is 2.09. The molecule has 2 N–H and O–H groups in total. The van der Waals surface area contributed by atoms with Gasteiger partial charge in [0.1, 0.15) is 0 Å². The first-order valence-corrected chi connectivity index (χ1v) is 9.87. The number of unbranched alkanes of at least 4 members (excludes halogenated alkanes) is 1. The van der Waals surface area contributed by atoms with E-state index in [0.29, 0.717) is 19.6 Å². The van der Waals surface area contributed by atoms with Crippen LogP contribution in [0, 0.1) is 13.8 Å². The van der Waals surface area contributed by atoms with Crippen LogP contribution >= 0.6 is 0 Å². The van der Waals surface area contributed by atoms with Crippen LogP contribution in [0.2, 0.25) is 0 Å². The fourth-order valence-corrected chi connectivity index (χ4v) is 3.55. The average molecular weight is 370 g/mol. The van der Waals surface area contributed by atoms with Gasteiger partial charge in [-0.25, -0.2) is 0 Å². The molecule has 6 nitrogen and oxygen atoms in total. The number of amides is 2. The van der Waals surface area contributed by atoms with Gasteiger partial charge in [-0.1, -0.05) is 13.3 Å². The standard InChI is InChI=1S/C21H30N4O2/c1-4-5-8-22-20(26)14-24-9-11-25(12-10-24)21(27)17-6-7-19-18(13-17)15(2)16(3)23-19/h6-7,13,23H,4-5,8-12,14H2,1-3H3,(H,22,26). The number of nitrogens with one attached hydrogen (secondary N) is 2. The third-order valence-electron chi connectivity index (χ3n) is 5.43. The van der Waals surface area contributed by atoms with Gasteiger partial charge < -0.3 is 15.2 Å². The second kappa shape index (κ2) is 8.57. The number of aromatic nitrogens is 1. The Morgan fingerprint density at radius 2 is 1.89 bits per heavy atom. The number of nitrogens with zero attached hydrogens (tertiary/aromatic N) is 2. The van der Waals surface area contributed by atoms with E-state index >= 15 is 0 Å². The molecule has 0 atom stereocenters. The van der Waals surface area contributed by atoms with E-state index in [-0.39, 0.29) is 11.8 Å². The minimum absolute atomic E-state index is 0.0715. The summed E-state index contributed by atoms with van der Waals surface area (Å²) in [5.41, 5.74) is 4.13. The van der Waals surface area contributed by atoms with Gasteiger partial charge in [0.2, 0.25) is 5.91 Å². The SMILES string of the molecule is CCCCNC(=O)CN1CCN(C(=O)c2ccc3[nH]c(C)c(C)c3c2)CC1. The molecule has 6 heteroatoms. The lowest BCUT2D eigenvalue weighted by Gasteiger charge is -2.34. The number of aryl methyl sites for hydroxylation is 2. The van der Waals surface area contributed by atoms with Crippen LogP contribution in [0.5, 0.6) is 0 Å². The molecule has 2 aromatic rings.